The molecule has 1 nitrogen and oxygen atoms in total. The molecule has 4 aromatic carbocycles. The van der Waals surface area contributed by atoms with Crippen LogP contribution in [0.1, 0.15) is 53.6 Å². The molecule has 0 spiro atoms. The summed E-state index contributed by atoms with van der Waals surface area (Å²) < 4.78 is 160. The van der Waals surface area contributed by atoms with Gasteiger partial charge in [0.25, 0.3) is 0 Å². The van der Waals surface area contributed by atoms with Crippen LogP contribution in [0.15, 0.2) is 47.5 Å². The first kappa shape index (κ1) is 39.2. The van der Waals surface area contributed by atoms with Gasteiger partial charge in [0.1, 0.15) is 41.1 Å². The minimum atomic E-state index is -4.58. The zero-order valence-electron chi connectivity index (χ0n) is 29.9. The Kier molecular flexibility index (Phi) is 10.3. The Hall–Kier alpha value is -4.05. The molecule has 0 bridgehead atoms. The van der Waals surface area contributed by atoms with Gasteiger partial charge in [0.05, 0.1) is 11.1 Å². The van der Waals surface area contributed by atoms with Crippen LogP contribution in [0.3, 0.4) is 0 Å². The summed E-state index contributed by atoms with van der Waals surface area (Å²) in [6.07, 6.45) is -5.52. The van der Waals surface area contributed by atoms with E-state index in [-0.39, 0.29) is 11.7 Å². The number of hydrogen-bond donors (Lipinski definition) is 0. The number of hydrogen-bond acceptors (Lipinski definition) is 1. The number of halogens is 10. The molecule has 0 radical (unpaired) electrons. The van der Waals surface area contributed by atoms with Gasteiger partial charge in [-0.15, -0.1) is 0 Å². The van der Waals surface area contributed by atoms with Crippen molar-refractivity contribution in [2.45, 2.75) is 68.1 Å². The molecule has 0 N–H and O–H groups in total. The minimum Gasteiger partial charge on any atom is -0.706 e. The lowest BCUT2D eigenvalue weighted by Gasteiger charge is -2.48. The molecule has 0 atom stereocenters. The van der Waals surface area contributed by atoms with Crippen LogP contribution in [0.2, 0.25) is 6.32 Å². The fraction of sp³-hybridized carbons (Fsp3) is 0.282. The van der Waals surface area contributed by atoms with Gasteiger partial charge in [-0.1, -0.05) is 66.1 Å². The Morgan fingerprint density at radius 2 is 0.865 bits per heavy atom. The van der Waals surface area contributed by atoms with Gasteiger partial charge in [-0.05, 0) is 70.7 Å². The van der Waals surface area contributed by atoms with Crippen molar-refractivity contribution in [1.29, 1.82) is 0 Å². The molecule has 276 valence electrons. The zero-order valence-corrected chi connectivity index (χ0v) is 30.7. The van der Waals surface area contributed by atoms with Crippen LogP contribution >= 0.6 is 7.26 Å². The topological polar surface area (TPSA) is 9.23 Å². The summed E-state index contributed by atoms with van der Waals surface area (Å²) in [4.78, 5) is 0. The normalized spacial score (nSPS) is 17.2. The molecule has 0 unspecified atom stereocenters. The fourth-order valence-electron chi connectivity index (χ4n) is 8.65. The Morgan fingerprint density at radius 3 is 1.17 bits per heavy atom. The Morgan fingerprint density at radius 1 is 0.558 bits per heavy atom. The molecule has 0 saturated heterocycles. The van der Waals surface area contributed by atoms with Crippen LogP contribution in [0, 0.1) is 99.7 Å². The lowest BCUT2D eigenvalue weighted by atomic mass is 9.29. The summed E-state index contributed by atoms with van der Waals surface area (Å²) in [5.41, 5.74) is 1.42. The summed E-state index contributed by atoms with van der Waals surface area (Å²) in [6.45, 7) is 18.5. The number of aryl methyl sites for hydroxylation is 6. The second kappa shape index (κ2) is 13.7. The smallest absolute Gasteiger partial charge is 0.236 e. The van der Waals surface area contributed by atoms with E-state index in [9.17, 15) is 8.78 Å². The van der Waals surface area contributed by atoms with Crippen molar-refractivity contribution < 1.29 is 48.6 Å². The lowest BCUT2D eigenvalue weighted by Crippen LogP contribution is -2.66. The molecule has 52 heavy (non-hydrogen) atoms. The van der Waals surface area contributed by atoms with E-state index in [1.165, 1.54) is 6.92 Å². The molecule has 4 aromatic rings. The standard InChI is InChI=1S/C39H36BF10OP/c1-10-25-23(8)24(9)51-40(26-28(41)32(45)36(49)33(46)29(26)42,27-30(43)34(47)37(50)35(48)31(27)44)11-12-52(25,38-19(4)13-17(2)14-20(38)5)39-21(6)15-18(3)16-22(39)7/h13-16H,9-12H2,1-8H3/b25-23-. The monoisotopic (exact) mass is 752 g/mol. The maximum Gasteiger partial charge on any atom is 0.236 e. The van der Waals surface area contributed by atoms with Crippen LogP contribution in [-0.2, 0) is 4.65 Å². The maximum atomic E-state index is 16.1. The first-order valence-electron chi connectivity index (χ1n) is 16.5. The average molecular weight is 752 g/mol. The molecular formula is C39H36BF10OP. The summed E-state index contributed by atoms with van der Waals surface area (Å²) in [5.74, 6) is -25.8. The second-order valence-corrected chi connectivity index (χ2v) is 17.2. The third-order valence-electron chi connectivity index (χ3n) is 10.3. The highest BCUT2D eigenvalue weighted by molar-refractivity contribution is 7.93. The first-order chi connectivity index (χ1) is 24.2. The van der Waals surface area contributed by atoms with E-state index in [1.54, 1.807) is 0 Å². The molecular weight excluding hydrogens is 716 g/mol. The first-order valence-corrected chi connectivity index (χ1v) is 18.5. The van der Waals surface area contributed by atoms with Crippen molar-refractivity contribution in [3.05, 3.63) is 139 Å². The third kappa shape index (κ3) is 5.67. The Bertz CT molecular complexity index is 2000. The summed E-state index contributed by atoms with van der Waals surface area (Å²) in [7, 11) is -3.27. The summed E-state index contributed by atoms with van der Waals surface area (Å²) in [6, 6.07) is 7.68. The number of benzene rings is 4. The van der Waals surface area contributed by atoms with E-state index < -0.39 is 94.8 Å². The second-order valence-electron chi connectivity index (χ2n) is 13.7. The average Bonchev–Trinajstić information content (AvgIpc) is 3.06. The number of rotatable bonds is 5. The highest BCUT2D eigenvalue weighted by Crippen LogP contribution is 2.69. The van der Waals surface area contributed by atoms with Crippen LogP contribution in [0.5, 0.6) is 0 Å². The van der Waals surface area contributed by atoms with E-state index in [1.807, 2.05) is 72.7 Å². The SMILES string of the molecule is C=C1O[B-](c2c(F)c(F)c(F)c(F)c2F)(c2c(F)c(F)c(F)c(F)c2F)CC[P+](c2c(C)cc(C)cc2C)(c2c(C)cc(C)cc2C)/C(CC)=C\1C. The highest BCUT2D eigenvalue weighted by atomic mass is 31.2. The van der Waals surface area contributed by atoms with Gasteiger partial charge in [-0.3, -0.25) is 0 Å². The lowest BCUT2D eigenvalue weighted by molar-refractivity contribution is 0.371. The van der Waals surface area contributed by atoms with Crippen molar-refractivity contribution in [3.63, 3.8) is 0 Å². The zero-order chi connectivity index (χ0) is 38.9. The van der Waals surface area contributed by atoms with Crippen molar-refractivity contribution in [2.75, 3.05) is 6.16 Å². The molecule has 13 heteroatoms. The molecule has 1 aliphatic rings. The van der Waals surface area contributed by atoms with Crippen LogP contribution in [-0.4, -0.2) is 12.5 Å². The fourth-order valence-corrected chi connectivity index (χ4v) is 14.8. The Balaban J connectivity index is 2.10. The van der Waals surface area contributed by atoms with E-state index in [0.29, 0.717) is 6.42 Å². The molecule has 0 aromatic heterocycles. The van der Waals surface area contributed by atoms with E-state index >= 15 is 35.1 Å². The van der Waals surface area contributed by atoms with E-state index in [0.717, 1.165) is 49.3 Å². The summed E-state index contributed by atoms with van der Waals surface area (Å²) in [5, 5.41) is 2.30. The quantitative estimate of drug-likeness (QED) is 0.0649. The number of allylic oxidation sites excluding steroid dienone is 2. The highest BCUT2D eigenvalue weighted by Gasteiger charge is 2.55. The van der Waals surface area contributed by atoms with Gasteiger partial charge in [0.15, 0.2) is 34.9 Å². The van der Waals surface area contributed by atoms with Gasteiger partial charge in [0.2, 0.25) is 6.35 Å². The largest absolute Gasteiger partial charge is 0.706 e. The van der Waals surface area contributed by atoms with Gasteiger partial charge >= 0.3 is 0 Å². The predicted molar refractivity (Wildman–Crippen MR) is 188 cm³/mol. The molecule has 0 amide bonds. The van der Waals surface area contributed by atoms with Crippen molar-refractivity contribution in [2.24, 2.45) is 0 Å². The van der Waals surface area contributed by atoms with Crippen LogP contribution < -0.4 is 21.5 Å². The van der Waals surface area contributed by atoms with Crippen LogP contribution in [0.4, 0.5) is 43.9 Å². The molecule has 5 rings (SSSR count). The third-order valence-corrected chi connectivity index (χ3v) is 15.8. The van der Waals surface area contributed by atoms with Gasteiger partial charge in [-0.2, -0.15) is 0 Å². The van der Waals surface area contributed by atoms with Crippen molar-refractivity contribution in [3.8, 4) is 0 Å². The van der Waals surface area contributed by atoms with Crippen molar-refractivity contribution in [1.82, 2.24) is 0 Å². The molecule has 1 aliphatic heterocycles. The molecule has 0 aliphatic carbocycles. The predicted octanol–water partition coefficient (Wildman–Crippen LogP) is 9.88. The van der Waals surface area contributed by atoms with Crippen LogP contribution in [0.25, 0.3) is 0 Å². The van der Waals surface area contributed by atoms with E-state index in [4.69, 9.17) is 4.65 Å². The minimum absolute atomic E-state index is 0.230. The maximum absolute atomic E-state index is 16.1. The molecule has 0 saturated carbocycles. The van der Waals surface area contributed by atoms with Gasteiger partial charge < -0.3 is 4.65 Å². The Labute approximate surface area is 296 Å². The van der Waals surface area contributed by atoms with Gasteiger partial charge in [-0.25, -0.2) is 43.9 Å². The molecule has 1 heterocycles. The van der Waals surface area contributed by atoms with E-state index in [2.05, 4.69) is 6.58 Å². The molecule has 0 fully saturated rings. The summed E-state index contributed by atoms with van der Waals surface area (Å²) >= 11 is 0. The van der Waals surface area contributed by atoms with Crippen molar-refractivity contribution >= 4 is 35.1 Å². The van der Waals surface area contributed by atoms with Gasteiger partial charge in [0, 0.05) is 18.2 Å².